The first-order chi connectivity index (χ1) is 8.16. The fraction of sp³-hybridized carbons (Fsp3) is 0.167. The van der Waals surface area contributed by atoms with Gasteiger partial charge in [0.05, 0.1) is 12.2 Å². The van der Waals surface area contributed by atoms with E-state index in [1.54, 1.807) is 11.3 Å². The fourth-order valence-electron chi connectivity index (χ4n) is 1.44. The number of halogens is 1. The highest BCUT2D eigenvalue weighted by atomic mass is 127. The molecule has 6 heteroatoms. The molecule has 0 bridgehead atoms. The standard InChI is InChI=1S/C12H14N4S.HI/c1-8-10(7-15-12(13)14)17-11(16-8)9-5-3-2-4-6-9;/h2-6H,7H2,1H3,(H4,13,14,15);1H. The van der Waals surface area contributed by atoms with Gasteiger partial charge >= 0.3 is 0 Å². The average molecular weight is 374 g/mol. The lowest BCUT2D eigenvalue weighted by molar-refractivity contribution is 1.05. The number of aliphatic imine (C=N–C) groups is 1. The average Bonchev–Trinajstić information content (AvgIpc) is 2.69. The molecule has 4 N–H and O–H groups in total. The van der Waals surface area contributed by atoms with Crippen molar-refractivity contribution in [2.24, 2.45) is 16.5 Å². The zero-order valence-corrected chi connectivity index (χ0v) is 13.1. The molecule has 0 aliphatic heterocycles. The highest BCUT2D eigenvalue weighted by Crippen LogP contribution is 2.27. The third kappa shape index (κ3) is 3.67. The van der Waals surface area contributed by atoms with Crippen molar-refractivity contribution in [3.05, 3.63) is 40.9 Å². The van der Waals surface area contributed by atoms with Gasteiger partial charge in [0.15, 0.2) is 5.96 Å². The molecule has 0 atom stereocenters. The summed E-state index contributed by atoms with van der Waals surface area (Å²) in [5.41, 5.74) is 12.7. The minimum absolute atomic E-state index is 0. The summed E-state index contributed by atoms with van der Waals surface area (Å²) in [6, 6.07) is 10.1. The van der Waals surface area contributed by atoms with Crippen molar-refractivity contribution in [2.75, 3.05) is 0 Å². The van der Waals surface area contributed by atoms with Crippen molar-refractivity contribution >= 4 is 41.3 Å². The van der Waals surface area contributed by atoms with E-state index in [-0.39, 0.29) is 29.9 Å². The molecule has 0 radical (unpaired) electrons. The molecule has 0 saturated carbocycles. The first-order valence-corrected chi connectivity index (χ1v) is 6.05. The molecular weight excluding hydrogens is 359 g/mol. The van der Waals surface area contributed by atoms with E-state index in [1.807, 2.05) is 37.3 Å². The van der Waals surface area contributed by atoms with Crippen LogP contribution in [0, 0.1) is 6.92 Å². The molecule has 1 aromatic heterocycles. The Morgan fingerprint density at radius 1 is 1.28 bits per heavy atom. The van der Waals surface area contributed by atoms with Gasteiger partial charge in [-0.05, 0) is 6.92 Å². The molecule has 0 aliphatic rings. The largest absolute Gasteiger partial charge is 0.370 e. The number of hydrogen-bond donors (Lipinski definition) is 2. The van der Waals surface area contributed by atoms with Crippen LogP contribution in [0.5, 0.6) is 0 Å². The van der Waals surface area contributed by atoms with E-state index in [0.29, 0.717) is 6.54 Å². The number of rotatable bonds is 3. The van der Waals surface area contributed by atoms with Gasteiger partial charge in [-0.15, -0.1) is 35.3 Å². The van der Waals surface area contributed by atoms with Crippen molar-refractivity contribution in [1.82, 2.24) is 4.98 Å². The number of nitrogens with two attached hydrogens (primary N) is 2. The number of aromatic nitrogens is 1. The van der Waals surface area contributed by atoms with Gasteiger partial charge in [-0.1, -0.05) is 30.3 Å². The quantitative estimate of drug-likeness (QED) is 0.492. The molecule has 1 heterocycles. The maximum Gasteiger partial charge on any atom is 0.186 e. The summed E-state index contributed by atoms with van der Waals surface area (Å²) >= 11 is 1.63. The van der Waals surface area contributed by atoms with E-state index in [1.165, 1.54) is 0 Å². The topological polar surface area (TPSA) is 77.3 Å². The Hall–Kier alpha value is -1.15. The molecule has 2 aromatic rings. The normalized spacial score (nSPS) is 9.61. The Labute approximate surface area is 127 Å². The van der Waals surface area contributed by atoms with Gasteiger partial charge in [-0.25, -0.2) is 9.98 Å². The first-order valence-electron chi connectivity index (χ1n) is 5.24. The summed E-state index contributed by atoms with van der Waals surface area (Å²) in [6.45, 7) is 2.47. The van der Waals surface area contributed by atoms with Crippen LogP contribution >= 0.6 is 35.3 Å². The molecular formula is C12H15IN4S. The number of aryl methyl sites for hydroxylation is 1. The summed E-state index contributed by atoms with van der Waals surface area (Å²) in [5, 5.41) is 1.00. The third-order valence-corrected chi connectivity index (χ3v) is 3.51. The van der Waals surface area contributed by atoms with Gasteiger partial charge < -0.3 is 11.5 Å². The summed E-state index contributed by atoms with van der Waals surface area (Å²) in [6.07, 6.45) is 0. The molecule has 2 rings (SSSR count). The molecule has 4 nitrogen and oxygen atoms in total. The summed E-state index contributed by atoms with van der Waals surface area (Å²) in [7, 11) is 0. The van der Waals surface area contributed by atoms with Crippen LogP contribution in [0.2, 0.25) is 0 Å². The predicted molar refractivity (Wildman–Crippen MR) is 87.2 cm³/mol. The van der Waals surface area contributed by atoms with Crippen LogP contribution in [-0.4, -0.2) is 10.9 Å². The Kier molecular flexibility index (Phi) is 5.54. The van der Waals surface area contributed by atoms with E-state index in [2.05, 4.69) is 9.98 Å². The summed E-state index contributed by atoms with van der Waals surface area (Å²) in [5.74, 6) is 0.110. The number of nitrogens with zero attached hydrogens (tertiary/aromatic N) is 2. The Morgan fingerprint density at radius 3 is 2.56 bits per heavy atom. The van der Waals surface area contributed by atoms with Crippen molar-refractivity contribution in [1.29, 1.82) is 0 Å². The fourth-order valence-corrected chi connectivity index (χ4v) is 2.43. The smallest absolute Gasteiger partial charge is 0.186 e. The lowest BCUT2D eigenvalue weighted by atomic mass is 10.2. The van der Waals surface area contributed by atoms with Crippen molar-refractivity contribution in [2.45, 2.75) is 13.5 Å². The van der Waals surface area contributed by atoms with E-state index in [0.717, 1.165) is 21.1 Å². The summed E-state index contributed by atoms with van der Waals surface area (Å²) < 4.78 is 0. The SMILES string of the molecule is Cc1nc(-c2ccccc2)sc1CN=C(N)N.I. The molecule has 0 amide bonds. The molecule has 0 aliphatic carbocycles. The minimum Gasteiger partial charge on any atom is -0.370 e. The van der Waals surface area contributed by atoms with E-state index < -0.39 is 0 Å². The summed E-state index contributed by atoms with van der Waals surface area (Å²) in [4.78, 5) is 9.63. The third-order valence-electron chi connectivity index (χ3n) is 2.32. The molecule has 1 aromatic carbocycles. The monoisotopic (exact) mass is 374 g/mol. The predicted octanol–water partition coefficient (Wildman–Crippen LogP) is 2.51. The van der Waals surface area contributed by atoms with Crippen molar-refractivity contribution < 1.29 is 0 Å². The van der Waals surface area contributed by atoms with E-state index in [9.17, 15) is 0 Å². The van der Waals surface area contributed by atoms with Gasteiger partial charge in [0.25, 0.3) is 0 Å². The van der Waals surface area contributed by atoms with Crippen LogP contribution in [-0.2, 0) is 6.54 Å². The molecule has 0 fully saturated rings. The van der Waals surface area contributed by atoms with Gasteiger partial charge in [0.2, 0.25) is 0 Å². The van der Waals surface area contributed by atoms with Crippen molar-refractivity contribution in [3.8, 4) is 10.6 Å². The van der Waals surface area contributed by atoms with E-state index >= 15 is 0 Å². The van der Waals surface area contributed by atoms with Crippen LogP contribution in [0.1, 0.15) is 10.6 Å². The first kappa shape index (κ1) is 14.9. The Balaban J connectivity index is 0.00000162. The molecule has 0 spiro atoms. The highest BCUT2D eigenvalue weighted by molar-refractivity contribution is 14.0. The highest BCUT2D eigenvalue weighted by Gasteiger charge is 2.08. The molecule has 96 valence electrons. The van der Waals surface area contributed by atoms with Crippen LogP contribution in [0.4, 0.5) is 0 Å². The number of hydrogen-bond acceptors (Lipinski definition) is 3. The lowest BCUT2D eigenvalue weighted by Crippen LogP contribution is -2.22. The number of benzene rings is 1. The van der Waals surface area contributed by atoms with Gasteiger partial charge in [0.1, 0.15) is 5.01 Å². The van der Waals surface area contributed by atoms with Crippen LogP contribution in [0.15, 0.2) is 35.3 Å². The van der Waals surface area contributed by atoms with Crippen LogP contribution in [0.3, 0.4) is 0 Å². The second-order valence-electron chi connectivity index (χ2n) is 3.63. The molecule has 18 heavy (non-hydrogen) atoms. The Bertz CT molecular complexity index is 532. The second-order valence-corrected chi connectivity index (χ2v) is 4.72. The maximum absolute atomic E-state index is 5.32. The maximum atomic E-state index is 5.32. The zero-order valence-electron chi connectivity index (χ0n) is 9.96. The van der Waals surface area contributed by atoms with Gasteiger partial charge in [0, 0.05) is 10.4 Å². The minimum atomic E-state index is 0. The van der Waals surface area contributed by atoms with Crippen LogP contribution in [0.25, 0.3) is 10.6 Å². The second kappa shape index (κ2) is 6.69. The molecule has 0 unspecified atom stereocenters. The van der Waals surface area contributed by atoms with Gasteiger partial charge in [-0.3, -0.25) is 0 Å². The number of guanidine groups is 1. The number of thiazole rings is 1. The van der Waals surface area contributed by atoms with E-state index in [4.69, 9.17) is 11.5 Å². The van der Waals surface area contributed by atoms with Crippen LogP contribution < -0.4 is 11.5 Å². The molecule has 0 saturated heterocycles. The Morgan fingerprint density at radius 2 is 1.94 bits per heavy atom. The van der Waals surface area contributed by atoms with Gasteiger partial charge in [-0.2, -0.15) is 0 Å². The lowest BCUT2D eigenvalue weighted by Gasteiger charge is -1.93. The van der Waals surface area contributed by atoms with Crippen molar-refractivity contribution in [3.63, 3.8) is 0 Å². The zero-order chi connectivity index (χ0) is 12.3.